The van der Waals surface area contributed by atoms with E-state index in [0.29, 0.717) is 12.1 Å². The van der Waals surface area contributed by atoms with Crippen LogP contribution in [0.5, 0.6) is 0 Å². The maximum absolute atomic E-state index is 12.0. The predicted octanol–water partition coefficient (Wildman–Crippen LogP) is 1.66. The van der Waals surface area contributed by atoms with Crippen LogP contribution in [0.4, 0.5) is 0 Å². The molecule has 0 N–H and O–H groups in total. The third-order valence-electron chi connectivity index (χ3n) is 5.03. The topological polar surface area (TPSA) is 26.8 Å². The molecule has 2 heterocycles. The summed E-state index contributed by atoms with van der Waals surface area (Å²) in [5, 5.41) is 0. The monoisotopic (exact) mass is 281 g/mol. The highest BCUT2D eigenvalue weighted by molar-refractivity contribution is 5.78. The normalized spacial score (nSPS) is 23.4. The molecule has 2 aliphatic rings. The van der Waals surface area contributed by atoms with E-state index in [-0.39, 0.29) is 11.8 Å². The average Bonchev–Trinajstić information content (AvgIpc) is 2.36. The van der Waals surface area contributed by atoms with Gasteiger partial charge < -0.3 is 9.80 Å². The van der Waals surface area contributed by atoms with Gasteiger partial charge in [0, 0.05) is 38.1 Å². The number of hydrogen-bond donors (Lipinski definition) is 0. The van der Waals surface area contributed by atoms with Gasteiger partial charge in [0.25, 0.3) is 0 Å². The fraction of sp³-hybridized carbons (Fsp3) is 0.938. The molecule has 0 saturated carbocycles. The Morgan fingerprint density at radius 2 is 1.65 bits per heavy atom. The predicted molar refractivity (Wildman–Crippen MR) is 82.7 cm³/mol. The maximum Gasteiger partial charge on any atom is 0.225 e. The molecule has 0 aromatic carbocycles. The quantitative estimate of drug-likeness (QED) is 0.784. The fourth-order valence-electron chi connectivity index (χ4n) is 3.39. The van der Waals surface area contributed by atoms with E-state index in [4.69, 9.17) is 0 Å². The molecule has 4 nitrogen and oxygen atoms in total. The number of piperidine rings is 1. The Kier molecular flexibility index (Phi) is 5.08. The zero-order valence-electron chi connectivity index (χ0n) is 13.8. The van der Waals surface area contributed by atoms with Crippen LogP contribution in [0.1, 0.15) is 40.5 Å². The molecule has 0 radical (unpaired) electrons. The Balaban J connectivity index is 1.73. The molecule has 0 aromatic heterocycles. The molecule has 0 aromatic rings. The van der Waals surface area contributed by atoms with Crippen molar-refractivity contribution >= 4 is 5.91 Å². The maximum atomic E-state index is 12.0. The van der Waals surface area contributed by atoms with Crippen LogP contribution in [0, 0.1) is 5.92 Å². The van der Waals surface area contributed by atoms with Crippen LogP contribution in [0.15, 0.2) is 0 Å². The van der Waals surface area contributed by atoms with Crippen LogP contribution < -0.4 is 0 Å². The summed E-state index contributed by atoms with van der Waals surface area (Å²) in [7, 11) is 1.96. The molecule has 0 spiro atoms. The lowest BCUT2D eigenvalue weighted by atomic mass is 9.96. The molecule has 2 fully saturated rings. The molecule has 20 heavy (non-hydrogen) atoms. The molecule has 0 bridgehead atoms. The van der Waals surface area contributed by atoms with Crippen LogP contribution >= 0.6 is 0 Å². The Hall–Kier alpha value is -0.610. The molecule has 2 rings (SSSR count). The van der Waals surface area contributed by atoms with E-state index in [1.54, 1.807) is 0 Å². The summed E-state index contributed by atoms with van der Waals surface area (Å²) in [6, 6.07) is 1.85. The third-order valence-corrected chi connectivity index (χ3v) is 5.03. The minimum atomic E-state index is 0.114. The summed E-state index contributed by atoms with van der Waals surface area (Å²) in [5.41, 5.74) is 0. The summed E-state index contributed by atoms with van der Waals surface area (Å²) < 4.78 is 0. The highest BCUT2D eigenvalue weighted by Crippen LogP contribution is 2.25. The van der Waals surface area contributed by atoms with Gasteiger partial charge in [-0.05, 0) is 39.8 Å². The van der Waals surface area contributed by atoms with E-state index in [9.17, 15) is 4.79 Å². The third kappa shape index (κ3) is 3.34. The van der Waals surface area contributed by atoms with Crippen molar-refractivity contribution in [2.24, 2.45) is 5.92 Å². The summed E-state index contributed by atoms with van der Waals surface area (Å²) in [4.78, 5) is 19.1. The molecule has 4 heteroatoms. The van der Waals surface area contributed by atoms with Crippen LogP contribution in [0.2, 0.25) is 0 Å². The summed E-state index contributed by atoms with van der Waals surface area (Å²) in [6.07, 6.45) is 2.57. The lowest BCUT2D eigenvalue weighted by Crippen LogP contribution is -2.64. The lowest BCUT2D eigenvalue weighted by molar-refractivity contribution is -0.139. The minimum absolute atomic E-state index is 0.114. The molecular weight excluding hydrogens is 250 g/mol. The van der Waals surface area contributed by atoms with E-state index in [0.717, 1.165) is 19.1 Å². The van der Waals surface area contributed by atoms with Crippen molar-refractivity contribution in [2.45, 2.75) is 58.7 Å². The number of hydrogen-bond acceptors (Lipinski definition) is 3. The van der Waals surface area contributed by atoms with Crippen molar-refractivity contribution in [2.75, 3.05) is 33.2 Å². The highest BCUT2D eigenvalue weighted by atomic mass is 16.2. The molecule has 0 aliphatic carbocycles. The van der Waals surface area contributed by atoms with Crippen molar-refractivity contribution in [3.63, 3.8) is 0 Å². The van der Waals surface area contributed by atoms with Gasteiger partial charge in [-0.3, -0.25) is 9.69 Å². The van der Waals surface area contributed by atoms with Crippen molar-refractivity contribution in [1.29, 1.82) is 0 Å². The van der Waals surface area contributed by atoms with Gasteiger partial charge in [0.1, 0.15) is 0 Å². The van der Waals surface area contributed by atoms with Gasteiger partial charge in [-0.2, -0.15) is 0 Å². The highest BCUT2D eigenvalue weighted by Gasteiger charge is 2.37. The molecule has 1 amide bonds. The number of carbonyl (C=O) groups excluding carboxylic acids is 1. The van der Waals surface area contributed by atoms with E-state index in [2.05, 4.69) is 23.6 Å². The Bertz CT molecular complexity index is 329. The minimum Gasteiger partial charge on any atom is -0.340 e. The zero-order valence-corrected chi connectivity index (χ0v) is 13.8. The zero-order chi connectivity index (χ0) is 14.9. The Labute approximate surface area is 124 Å². The molecule has 0 unspecified atom stereocenters. The van der Waals surface area contributed by atoms with Crippen molar-refractivity contribution in [3.05, 3.63) is 0 Å². The van der Waals surface area contributed by atoms with Gasteiger partial charge in [0.2, 0.25) is 5.91 Å². The van der Waals surface area contributed by atoms with Gasteiger partial charge in [0.15, 0.2) is 0 Å². The lowest BCUT2D eigenvalue weighted by Gasteiger charge is -2.50. The number of carbonyl (C=O) groups is 1. The largest absolute Gasteiger partial charge is 0.340 e. The van der Waals surface area contributed by atoms with E-state index < -0.39 is 0 Å². The summed E-state index contributed by atoms with van der Waals surface area (Å²) in [5.74, 6) is 0.396. The molecular formula is C16H31N3O. The molecule has 2 saturated heterocycles. The summed E-state index contributed by atoms with van der Waals surface area (Å²) >= 11 is 0. The number of likely N-dealkylation sites (N-methyl/N-ethyl adjacent to an activating group) is 1. The van der Waals surface area contributed by atoms with Crippen molar-refractivity contribution in [1.82, 2.24) is 14.7 Å². The van der Waals surface area contributed by atoms with Gasteiger partial charge in [-0.25, -0.2) is 0 Å². The Morgan fingerprint density at radius 1 is 1.10 bits per heavy atom. The van der Waals surface area contributed by atoms with Crippen molar-refractivity contribution < 1.29 is 4.79 Å². The Morgan fingerprint density at radius 3 is 2.10 bits per heavy atom. The first-order chi connectivity index (χ1) is 9.40. The number of amides is 1. The van der Waals surface area contributed by atoms with Gasteiger partial charge in [0.05, 0.1) is 6.04 Å². The van der Waals surface area contributed by atoms with Crippen LogP contribution in [0.25, 0.3) is 0 Å². The van der Waals surface area contributed by atoms with Crippen LogP contribution in [-0.2, 0) is 4.79 Å². The smallest absolute Gasteiger partial charge is 0.225 e. The molecule has 2 aliphatic heterocycles. The van der Waals surface area contributed by atoms with Crippen LogP contribution in [0.3, 0.4) is 0 Å². The first-order valence-electron chi connectivity index (χ1n) is 8.15. The first kappa shape index (κ1) is 15.8. The van der Waals surface area contributed by atoms with E-state index in [1.807, 2.05) is 25.8 Å². The van der Waals surface area contributed by atoms with E-state index >= 15 is 0 Å². The number of likely N-dealkylation sites (tertiary alicyclic amines) is 2. The summed E-state index contributed by atoms with van der Waals surface area (Å²) in [6.45, 7) is 13.1. The number of rotatable bonds is 4. The number of nitrogens with zero attached hydrogens (tertiary/aromatic N) is 3. The first-order valence-corrected chi connectivity index (χ1v) is 8.15. The SMILES string of the molecule is CC(C)C(=O)N(C)C1CN(C2CCN(C(C)C)CC2)C1. The second-order valence-electron chi connectivity index (χ2n) is 7.07. The van der Waals surface area contributed by atoms with Gasteiger partial charge >= 0.3 is 0 Å². The second-order valence-corrected chi connectivity index (χ2v) is 7.07. The van der Waals surface area contributed by atoms with Crippen LogP contribution in [-0.4, -0.2) is 72.0 Å². The standard InChI is InChI=1S/C16H31N3O/c1-12(2)16(20)17(5)15-10-19(11-15)14-6-8-18(9-7-14)13(3)4/h12-15H,6-11H2,1-5H3. The fourth-order valence-corrected chi connectivity index (χ4v) is 3.39. The van der Waals surface area contributed by atoms with E-state index in [1.165, 1.54) is 25.9 Å². The molecule has 116 valence electrons. The second kappa shape index (κ2) is 6.44. The van der Waals surface area contributed by atoms with Crippen molar-refractivity contribution in [3.8, 4) is 0 Å². The van der Waals surface area contributed by atoms with Gasteiger partial charge in [-0.1, -0.05) is 13.8 Å². The van der Waals surface area contributed by atoms with Gasteiger partial charge in [-0.15, -0.1) is 0 Å². The average molecular weight is 281 g/mol. The molecule has 0 atom stereocenters.